The van der Waals surface area contributed by atoms with E-state index >= 15 is 0 Å². The molecule has 1 aromatic rings. The summed E-state index contributed by atoms with van der Waals surface area (Å²) in [5.41, 5.74) is 0. The minimum atomic E-state index is 0.290. The first-order chi connectivity index (χ1) is 10.7. The number of H-pyrrole nitrogens is 1. The highest BCUT2D eigenvalue weighted by Crippen LogP contribution is 2.69. The zero-order chi connectivity index (χ0) is 14.8. The summed E-state index contributed by atoms with van der Waals surface area (Å²) < 4.78 is 2.85. The second kappa shape index (κ2) is 4.66. The Morgan fingerprint density at radius 1 is 1.27 bits per heavy atom. The van der Waals surface area contributed by atoms with Crippen molar-refractivity contribution < 1.29 is 4.79 Å². The Kier molecular flexibility index (Phi) is 2.82. The molecular weight excluding hydrogens is 296 g/mol. The van der Waals surface area contributed by atoms with Crippen molar-refractivity contribution in [2.75, 3.05) is 6.54 Å². The van der Waals surface area contributed by atoms with E-state index in [0.29, 0.717) is 24.4 Å². The lowest BCUT2D eigenvalue weighted by atomic mass is 10.0. The van der Waals surface area contributed by atoms with Gasteiger partial charge < -0.3 is 9.88 Å². The van der Waals surface area contributed by atoms with Crippen LogP contribution in [0.5, 0.6) is 0 Å². The Balaban J connectivity index is 1.17. The van der Waals surface area contributed by atoms with Crippen LogP contribution in [-0.2, 0) is 11.2 Å². The zero-order valence-corrected chi connectivity index (χ0v) is 13.4. The topological polar surface area (TPSA) is 62.7 Å². The van der Waals surface area contributed by atoms with Gasteiger partial charge in [-0.05, 0) is 68.0 Å². The van der Waals surface area contributed by atoms with Gasteiger partial charge in [-0.3, -0.25) is 9.89 Å². The fourth-order valence-corrected chi connectivity index (χ4v) is 5.61. The molecule has 1 amide bonds. The Labute approximate surface area is 134 Å². The van der Waals surface area contributed by atoms with Crippen LogP contribution in [-0.4, -0.2) is 27.2 Å². The summed E-state index contributed by atoms with van der Waals surface area (Å²) in [5.74, 6) is 4.77. The van der Waals surface area contributed by atoms with Crippen molar-refractivity contribution in [1.29, 1.82) is 0 Å². The molecule has 0 aliphatic heterocycles. The van der Waals surface area contributed by atoms with Gasteiger partial charge in [0.15, 0.2) is 4.77 Å². The Morgan fingerprint density at radius 3 is 2.68 bits per heavy atom. The maximum absolute atomic E-state index is 12.4. The molecule has 5 rings (SSSR count). The highest BCUT2D eigenvalue weighted by atomic mass is 32.1. The molecule has 4 atom stereocenters. The summed E-state index contributed by atoms with van der Waals surface area (Å²) in [6.07, 6.45) is 7.29. The number of fused-ring (bicyclic) bond motifs is 5. The Bertz CT molecular complexity index is 660. The first kappa shape index (κ1) is 13.3. The number of hydrogen-bond donors (Lipinski definition) is 2. The molecule has 4 aliphatic carbocycles. The third-order valence-electron chi connectivity index (χ3n) is 6.38. The molecule has 1 heterocycles. The van der Waals surface area contributed by atoms with Gasteiger partial charge in [0.1, 0.15) is 5.82 Å². The van der Waals surface area contributed by atoms with Crippen LogP contribution in [0.3, 0.4) is 0 Å². The lowest BCUT2D eigenvalue weighted by molar-refractivity contribution is -0.123. The fourth-order valence-electron chi connectivity index (χ4n) is 5.31. The van der Waals surface area contributed by atoms with Gasteiger partial charge in [0, 0.05) is 24.9 Å². The molecule has 0 aromatic carbocycles. The first-order valence-corrected chi connectivity index (χ1v) is 9.08. The molecule has 4 fully saturated rings. The van der Waals surface area contributed by atoms with Crippen LogP contribution in [0, 0.1) is 34.4 Å². The van der Waals surface area contributed by atoms with E-state index in [4.69, 9.17) is 12.2 Å². The van der Waals surface area contributed by atoms with E-state index in [9.17, 15) is 4.79 Å². The van der Waals surface area contributed by atoms with Gasteiger partial charge in [0.25, 0.3) is 0 Å². The molecule has 1 aromatic heterocycles. The van der Waals surface area contributed by atoms with Crippen molar-refractivity contribution in [2.45, 2.75) is 44.6 Å². The van der Waals surface area contributed by atoms with Crippen molar-refractivity contribution >= 4 is 18.1 Å². The van der Waals surface area contributed by atoms with E-state index in [1.54, 1.807) is 0 Å². The van der Waals surface area contributed by atoms with Crippen molar-refractivity contribution in [2.24, 2.45) is 29.6 Å². The van der Waals surface area contributed by atoms with Gasteiger partial charge in [0.05, 0.1) is 0 Å². The predicted octanol–water partition coefficient (Wildman–Crippen LogP) is 2.23. The molecule has 0 spiro atoms. The van der Waals surface area contributed by atoms with Crippen molar-refractivity contribution in [3.63, 3.8) is 0 Å². The Morgan fingerprint density at radius 2 is 2.00 bits per heavy atom. The van der Waals surface area contributed by atoms with E-state index < -0.39 is 0 Å². The molecule has 0 saturated heterocycles. The van der Waals surface area contributed by atoms with Gasteiger partial charge in [-0.2, -0.15) is 5.10 Å². The number of aromatic amines is 1. The first-order valence-electron chi connectivity index (χ1n) is 8.67. The molecule has 4 aliphatic rings. The minimum absolute atomic E-state index is 0.290. The van der Waals surface area contributed by atoms with Gasteiger partial charge in [-0.15, -0.1) is 0 Å². The largest absolute Gasteiger partial charge is 0.355 e. The SMILES string of the molecule is O=C(NCCc1n[nH]c(=S)n1C1CC1)C1[C@@H]2[C@H]3CC[C@@H](C3)[C@@H]12. The quantitative estimate of drug-likeness (QED) is 0.818. The second-order valence-corrected chi connectivity index (χ2v) is 7.99. The number of carbonyl (C=O) groups excluding carboxylic acids is 1. The van der Waals surface area contributed by atoms with Crippen molar-refractivity contribution in [1.82, 2.24) is 20.1 Å². The smallest absolute Gasteiger partial charge is 0.223 e. The maximum atomic E-state index is 12.4. The van der Waals surface area contributed by atoms with E-state index in [2.05, 4.69) is 20.1 Å². The highest BCUT2D eigenvalue weighted by molar-refractivity contribution is 7.71. The lowest BCUT2D eigenvalue weighted by Crippen LogP contribution is -2.30. The molecule has 5 nitrogen and oxygen atoms in total. The second-order valence-electron chi connectivity index (χ2n) is 7.60. The Hall–Kier alpha value is -1.17. The average Bonchev–Trinajstić information content (AvgIpc) is 3.38. The summed E-state index contributed by atoms with van der Waals surface area (Å²) in [7, 11) is 0. The number of nitrogens with zero attached hydrogens (tertiary/aromatic N) is 2. The lowest BCUT2D eigenvalue weighted by Gasteiger charge is -2.10. The van der Waals surface area contributed by atoms with Crippen LogP contribution in [0.4, 0.5) is 0 Å². The van der Waals surface area contributed by atoms with Crippen LogP contribution < -0.4 is 5.32 Å². The summed E-state index contributed by atoms with van der Waals surface area (Å²) >= 11 is 5.29. The average molecular weight is 318 g/mol. The number of amides is 1. The molecule has 2 N–H and O–H groups in total. The van der Waals surface area contributed by atoms with E-state index in [1.807, 2.05) is 0 Å². The van der Waals surface area contributed by atoms with Crippen LogP contribution in [0.25, 0.3) is 0 Å². The number of nitrogens with one attached hydrogen (secondary N) is 2. The van der Waals surface area contributed by atoms with Gasteiger partial charge in [-0.1, -0.05) is 0 Å². The molecule has 0 radical (unpaired) electrons. The monoisotopic (exact) mass is 318 g/mol. The number of aromatic nitrogens is 3. The molecule has 0 unspecified atom stereocenters. The molecule has 4 saturated carbocycles. The third-order valence-corrected chi connectivity index (χ3v) is 6.66. The molecule has 22 heavy (non-hydrogen) atoms. The van der Waals surface area contributed by atoms with Crippen molar-refractivity contribution in [3.05, 3.63) is 10.6 Å². The van der Waals surface area contributed by atoms with Gasteiger partial charge >= 0.3 is 0 Å². The van der Waals surface area contributed by atoms with Crippen LogP contribution in [0.2, 0.25) is 0 Å². The van der Waals surface area contributed by atoms with Crippen LogP contribution in [0.15, 0.2) is 0 Å². The zero-order valence-electron chi connectivity index (χ0n) is 12.6. The van der Waals surface area contributed by atoms with Crippen LogP contribution in [0.1, 0.15) is 44.0 Å². The summed E-state index contributed by atoms with van der Waals surface area (Å²) in [6, 6.07) is 0.537. The summed E-state index contributed by atoms with van der Waals surface area (Å²) in [6.45, 7) is 0.677. The molecule has 2 bridgehead atoms. The highest BCUT2D eigenvalue weighted by Gasteiger charge is 2.67. The van der Waals surface area contributed by atoms with E-state index in [1.165, 1.54) is 32.1 Å². The summed E-state index contributed by atoms with van der Waals surface area (Å²) in [4.78, 5) is 12.4. The van der Waals surface area contributed by atoms with Gasteiger partial charge in [-0.25, -0.2) is 0 Å². The van der Waals surface area contributed by atoms with E-state index in [0.717, 1.165) is 40.7 Å². The van der Waals surface area contributed by atoms with Crippen LogP contribution >= 0.6 is 12.2 Å². The van der Waals surface area contributed by atoms with E-state index in [-0.39, 0.29) is 0 Å². The molecule has 118 valence electrons. The summed E-state index contributed by atoms with van der Waals surface area (Å²) in [5, 5.41) is 10.4. The maximum Gasteiger partial charge on any atom is 0.223 e. The molecular formula is C16H22N4OS. The third kappa shape index (κ3) is 1.92. The van der Waals surface area contributed by atoms with Gasteiger partial charge in [0.2, 0.25) is 5.91 Å². The van der Waals surface area contributed by atoms with Crippen molar-refractivity contribution in [3.8, 4) is 0 Å². The number of hydrogen-bond acceptors (Lipinski definition) is 3. The normalized spacial score (nSPS) is 38.1. The number of rotatable bonds is 5. The number of carbonyl (C=O) groups is 1. The standard InChI is InChI=1S/C16H22N4OS/c21-15(14-12-8-1-2-9(7-8)13(12)14)17-6-5-11-18-19-16(22)20(11)10-3-4-10/h8-10,12-14H,1-7H2,(H,17,21)(H,19,22)/t8-,9-,12+,13+/m0/s1. The predicted molar refractivity (Wildman–Crippen MR) is 83.7 cm³/mol. The fraction of sp³-hybridized carbons (Fsp3) is 0.812. The molecule has 6 heteroatoms. The minimum Gasteiger partial charge on any atom is -0.355 e.